The van der Waals surface area contributed by atoms with Gasteiger partial charge in [0.2, 0.25) is 0 Å². The highest BCUT2D eigenvalue weighted by atomic mass is 32.3. The van der Waals surface area contributed by atoms with Gasteiger partial charge in [0.1, 0.15) is 11.7 Å². The number of fused-ring (bicyclic) bond motifs is 7. The molecular formula is C47H82N2O7S. The van der Waals surface area contributed by atoms with Crippen LogP contribution in [0.3, 0.4) is 0 Å². The van der Waals surface area contributed by atoms with E-state index >= 15 is 0 Å². The van der Waals surface area contributed by atoms with Crippen LogP contribution < -0.4 is 5.32 Å². The number of hydrogen-bond acceptors (Lipinski definition) is 9. The smallest absolute Gasteiger partial charge is 0.312 e. The van der Waals surface area contributed by atoms with Crippen molar-refractivity contribution in [1.29, 1.82) is 0 Å². The monoisotopic (exact) mass is 819 g/mol. The van der Waals surface area contributed by atoms with Gasteiger partial charge in [0.25, 0.3) is 0 Å². The molecule has 1 saturated heterocycles. The van der Waals surface area contributed by atoms with Crippen LogP contribution in [0, 0.1) is 56.7 Å². The SMILES string of the molecule is C=C(C)[C@@H]1CC[C@]2(NC[C@H]([C@@H](C)O)N3CCS(O)(O)CC3)CC[C@]3(C)[C@H](CC[C@@H]4[C@@]5(C)CC[C@H](OC(=O)CC(C)(C)C(=O)OC(C)(C)C)C(C)(C)[C@@H]5CC[C@]43C)[C@@H]12. The third-order valence-electron chi connectivity index (χ3n) is 17.9. The summed E-state index contributed by atoms with van der Waals surface area (Å²) in [5, 5.41) is 15.3. The normalized spacial score (nSPS) is 41.9. The minimum atomic E-state index is -2.51. The van der Waals surface area contributed by atoms with Crippen molar-refractivity contribution >= 4 is 22.5 Å². The fourth-order valence-electron chi connectivity index (χ4n) is 14.7. The minimum Gasteiger partial charge on any atom is -0.462 e. The molecule has 6 rings (SSSR count). The zero-order valence-corrected chi connectivity index (χ0v) is 38.8. The topological polar surface area (TPSA) is 129 Å². The van der Waals surface area contributed by atoms with Crippen LogP contribution in [-0.2, 0) is 19.1 Å². The van der Waals surface area contributed by atoms with Crippen molar-refractivity contribution in [3.8, 4) is 0 Å². The molecule has 0 unspecified atom stereocenters. The van der Waals surface area contributed by atoms with Crippen LogP contribution in [0.5, 0.6) is 0 Å². The molecule has 6 fully saturated rings. The summed E-state index contributed by atoms with van der Waals surface area (Å²) in [6.45, 7) is 32.4. The molecule has 0 aromatic carbocycles. The van der Waals surface area contributed by atoms with Crippen molar-refractivity contribution in [3.63, 3.8) is 0 Å². The molecule has 9 nitrogen and oxygen atoms in total. The van der Waals surface area contributed by atoms with Crippen LogP contribution in [-0.4, -0.2) is 91.6 Å². The van der Waals surface area contributed by atoms with Crippen molar-refractivity contribution in [2.75, 3.05) is 31.1 Å². The Labute approximate surface area is 348 Å². The van der Waals surface area contributed by atoms with Gasteiger partial charge in [0.05, 0.1) is 29.4 Å². The first-order chi connectivity index (χ1) is 26.1. The molecule has 4 N–H and O–H groups in total. The van der Waals surface area contributed by atoms with Crippen LogP contribution in [0.25, 0.3) is 0 Å². The molecule has 57 heavy (non-hydrogen) atoms. The maximum absolute atomic E-state index is 13.5. The number of aliphatic hydroxyl groups excluding tert-OH is 1. The first kappa shape index (κ1) is 45.4. The summed E-state index contributed by atoms with van der Waals surface area (Å²) in [6.07, 6.45) is 10.6. The first-order valence-electron chi connectivity index (χ1n) is 22.6. The van der Waals surface area contributed by atoms with Gasteiger partial charge in [-0.2, -0.15) is 10.6 Å². The lowest BCUT2D eigenvalue weighted by Gasteiger charge is -2.73. The van der Waals surface area contributed by atoms with Crippen molar-refractivity contribution in [3.05, 3.63) is 12.2 Å². The molecule has 12 atom stereocenters. The highest BCUT2D eigenvalue weighted by molar-refractivity contribution is 8.24. The average Bonchev–Trinajstić information content (AvgIpc) is 3.46. The Balaban J connectivity index is 1.20. The van der Waals surface area contributed by atoms with E-state index in [1.807, 2.05) is 27.7 Å². The number of nitrogens with one attached hydrogen (secondary N) is 1. The lowest BCUT2D eigenvalue weighted by atomic mass is 9.32. The largest absolute Gasteiger partial charge is 0.462 e. The second-order valence-corrected chi connectivity index (χ2v) is 25.6. The van der Waals surface area contributed by atoms with Crippen molar-refractivity contribution in [2.45, 2.75) is 183 Å². The fourth-order valence-corrected chi connectivity index (χ4v) is 15.9. The van der Waals surface area contributed by atoms with Crippen LogP contribution in [0.15, 0.2) is 12.2 Å². The molecule has 10 heteroatoms. The Bertz CT molecular complexity index is 1530. The van der Waals surface area contributed by atoms with Gasteiger partial charge in [-0.05, 0) is 159 Å². The predicted molar refractivity (Wildman–Crippen MR) is 231 cm³/mol. The van der Waals surface area contributed by atoms with E-state index in [9.17, 15) is 23.8 Å². The molecule has 0 bridgehead atoms. The van der Waals surface area contributed by atoms with Crippen LogP contribution in [0.2, 0.25) is 0 Å². The van der Waals surface area contributed by atoms with E-state index in [0.29, 0.717) is 60.7 Å². The Hall–Kier alpha value is -1.17. The Kier molecular flexibility index (Phi) is 12.2. The number of carbonyl (C=O) groups excluding carboxylic acids is 2. The fraction of sp³-hybridized carbons (Fsp3) is 0.915. The van der Waals surface area contributed by atoms with E-state index in [2.05, 4.69) is 58.3 Å². The Morgan fingerprint density at radius 3 is 2.12 bits per heavy atom. The molecule has 5 saturated carbocycles. The number of ether oxygens (including phenoxy) is 2. The molecule has 0 amide bonds. The number of aliphatic hydroxyl groups is 1. The van der Waals surface area contributed by atoms with E-state index in [4.69, 9.17) is 9.47 Å². The summed E-state index contributed by atoms with van der Waals surface area (Å²) >= 11 is 0. The van der Waals surface area contributed by atoms with E-state index < -0.39 is 27.7 Å². The zero-order valence-electron chi connectivity index (χ0n) is 38.0. The zero-order chi connectivity index (χ0) is 42.4. The molecule has 0 aromatic rings. The van der Waals surface area contributed by atoms with Crippen LogP contribution >= 0.6 is 10.6 Å². The lowest BCUT2D eigenvalue weighted by molar-refractivity contribution is -0.246. The third-order valence-corrected chi connectivity index (χ3v) is 19.6. The molecule has 0 radical (unpaired) electrons. The summed E-state index contributed by atoms with van der Waals surface area (Å²) in [5.74, 6) is 2.67. The van der Waals surface area contributed by atoms with Crippen LogP contribution in [0.4, 0.5) is 0 Å². The summed E-state index contributed by atoms with van der Waals surface area (Å²) < 4.78 is 32.6. The highest BCUT2D eigenvalue weighted by Crippen LogP contribution is 2.76. The van der Waals surface area contributed by atoms with Crippen molar-refractivity contribution in [2.24, 2.45) is 56.7 Å². The second kappa shape index (κ2) is 15.3. The van der Waals surface area contributed by atoms with Crippen LogP contribution in [0.1, 0.15) is 154 Å². The van der Waals surface area contributed by atoms with Gasteiger partial charge in [0.15, 0.2) is 0 Å². The molecule has 6 aliphatic rings. The Morgan fingerprint density at radius 1 is 0.877 bits per heavy atom. The number of nitrogens with zero attached hydrogens (tertiary/aromatic N) is 1. The van der Waals surface area contributed by atoms with E-state index in [0.717, 1.165) is 38.5 Å². The van der Waals surface area contributed by atoms with Gasteiger partial charge < -0.3 is 19.9 Å². The van der Waals surface area contributed by atoms with Gasteiger partial charge in [-0.25, -0.2) is 0 Å². The second-order valence-electron chi connectivity index (χ2n) is 23.2. The molecule has 1 aliphatic heterocycles. The van der Waals surface area contributed by atoms with Gasteiger partial charge in [-0.1, -0.05) is 46.8 Å². The number of allylic oxidation sites excluding steroid dienone is 1. The van der Waals surface area contributed by atoms with Crippen molar-refractivity contribution < 1.29 is 33.3 Å². The number of rotatable bonds is 10. The molecular weight excluding hydrogens is 737 g/mol. The first-order valence-corrected chi connectivity index (χ1v) is 24.5. The van der Waals surface area contributed by atoms with Crippen molar-refractivity contribution in [1.82, 2.24) is 10.2 Å². The third kappa shape index (κ3) is 8.06. The molecule has 328 valence electrons. The maximum Gasteiger partial charge on any atom is 0.312 e. The average molecular weight is 819 g/mol. The van der Waals surface area contributed by atoms with Gasteiger partial charge in [-0.3, -0.25) is 23.6 Å². The van der Waals surface area contributed by atoms with Gasteiger partial charge in [-0.15, -0.1) is 0 Å². The van der Waals surface area contributed by atoms with Gasteiger partial charge >= 0.3 is 11.9 Å². The summed E-state index contributed by atoms with van der Waals surface area (Å²) in [5.41, 5.74) is 0.0628. The van der Waals surface area contributed by atoms with E-state index in [1.54, 1.807) is 13.8 Å². The highest BCUT2D eigenvalue weighted by Gasteiger charge is 2.71. The number of hydrogen-bond donors (Lipinski definition) is 4. The molecule has 0 aromatic heterocycles. The summed E-state index contributed by atoms with van der Waals surface area (Å²) in [4.78, 5) is 28.8. The molecule has 0 spiro atoms. The maximum atomic E-state index is 13.5. The lowest BCUT2D eigenvalue weighted by Crippen LogP contribution is -2.69. The van der Waals surface area contributed by atoms with E-state index in [-0.39, 0.29) is 57.7 Å². The van der Waals surface area contributed by atoms with Gasteiger partial charge in [0, 0.05) is 36.6 Å². The number of carbonyl (C=O) groups is 2. The Morgan fingerprint density at radius 2 is 1.53 bits per heavy atom. The standard InChI is InChI=1S/C47H82N2O7S/c1-30(2)32-16-21-47(48-29-34(31(3)50)49-24-26-57(53,54)27-25-49)23-22-45(12)33(39(32)47)14-15-36-44(11)19-18-37(43(9,10)35(44)17-20-46(36,45)13)55-38(51)28-42(7,8)40(52)56-41(4,5)6/h31-37,39,48,50,53-54H,1,14-29H2,2-13H3/t31-,32+,33-,34-,35+,36-,37+,39-,44+,45-,46-,47+/m1/s1. The predicted octanol–water partition coefficient (Wildman–Crippen LogP) is 9.47. The molecule has 5 aliphatic carbocycles. The summed E-state index contributed by atoms with van der Waals surface area (Å²) in [7, 11) is -2.51. The molecule has 1 heterocycles. The quantitative estimate of drug-likeness (QED) is 0.126. The summed E-state index contributed by atoms with van der Waals surface area (Å²) in [6, 6.07) is -0.0644. The number of esters is 2. The minimum absolute atomic E-state index is 0.00591. The van der Waals surface area contributed by atoms with E-state index in [1.165, 1.54) is 31.3 Å².